The van der Waals surface area contributed by atoms with Gasteiger partial charge in [0.1, 0.15) is 0 Å². The van der Waals surface area contributed by atoms with Gasteiger partial charge in [0, 0.05) is 0 Å². The van der Waals surface area contributed by atoms with E-state index in [2.05, 4.69) is 20.4 Å². The Bertz CT molecular complexity index is 727. The van der Waals surface area contributed by atoms with E-state index in [1.807, 2.05) is 37.3 Å². The Morgan fingerprint density at radius 3 is 2.65 bits per heavy atom. The number of fused-ring (bicyclic) bond motifs is 1. The van der Waals surface area contributed by atoms with Crippen LogP contribution in [0, 0.1) is 6.92 Å². The van der Waals surface area contributed by atoms with E-state index < -0.39 is 0 Å². The highest BCUT2D eigenvalue weighted by Crippen LogP contribution is 2.25. The van der Waals surface area contributed by atoms with Crippen LogP contribution in [0.15, 0.2) is 35.1 Å². The van der Waals surface area contributed by atoms with Gasteiger partial charge in [-0.05, 0) is 18.1 Å². The summed E-state index contributed by atoms with van der Waals surface area (Å²) in [7, 11) is 0. The van der Waals surface area contributed by atoms with Crippen molar-refractivity contribution in [3.63, 3.8) is 0 Å². The second-order valence-corrected chi connectivity index (χ2v) is 3.86. The summed E-state index contributed by atoms with van der Waals surface area (Å²) in [6, 6.07) is 9.83. The summed E-state index contributed by atoms with van der Waals surface area (Å²) < 4.78 is 0. The highest BCUT2D eigenvalue weighted by molar-refractivity contribution is 5.86. The zero-order valence-electron chi connectivity index (χ0n) is 9.19. The van der Waals surface area contributed by atoms with Crippen LogP contribution in [0.2, 0.25) is 0 Å². The fourth-order valence-corrected chi connectivity index (χ4v) is 2.00. The molecule has 84 valence electrons. The molecule has 0 fully saturated rings. The number of H-pyrrole nitrogens is 2. The van der Waals surface area contributed by atoms with Crippen molar-refractivity contribution in [2.45, 2.75) is 6.92 Å². The molecule has 0 unspecified atom stereocenters. The quantitative estimate of drug-likeness (QED) is 0.662. The highest BCUT2D eigenvalue weighted by Gasteiger charge is 2.12. The number of aromatic amines is 2. The van der Waals surface area contributed by atoms with Crippen LogP contribution in [0.1, 0.15) is 5.56 Å². The molecule has 5 heteroatoms. The van der Waals surface area contributed by atoms with E-state index in [-0.39, 0.29) is 5.56 Å². The molecule has 0 aliphatic heterocycles. The molecule has 2 N–H and O–H groups in total. The Labute approximate surface area is 96.5 Å². The monoisotopic (exact) mass is 226 g/mol. The maximum absolute atomic E-state index is 11.7. The predicted octanol–water partition coefficient (Wildman–Crippen LogP) is 1.62. The number of nitrogens with one attached hydrogen (secondary N) is 2. The molecule has 1 aromatic carbocycles. The summed E-state index contributed by atoms with van der Waals surface area (Å²) in [5, 5.41) is 10.3. The molecule has 2 aromatic heterocycles. The highest BCUT2D eigenvalue weighted by atomic mass is 16.1. The van der Waals surface area contributed by atoms with E-state index >= 15 is 0 Å². The van der Waals surface area contributed by atoms with Gasteiger partial charge in [-0.3, -0.25) is 4.79 Å². The molecule has 0 aliphatic carbocycles. The van der Waals surface area contributed by atoms with E-state index in [9.17, 15) is 4.79 Å². The molecule has 0 atom stereocenters. The molecule has 0 saturated carbocycles. The molecule has 3 aromatic rings. The Hall–Kier alpha value is -2.43. The molecular weight excluding hydrogens is 216 g/mol. The Morgan fingerprint density at radius 2 is 1.94 bits per heavy atom. The van der Waals surface area contributed by atoms with Crippen molar-refractivity contribution in [3.05, 3.63) is 46.2 Å². The third kappa shape index (κ3) is 1.44. The fourth-order valence-electron chi connectivity index (χ4n) is 2.00. The predicted molar refractivity (Wildman–Crippen MR) is 64.7 cm³/mol. The molecule has 0 saturated heterocycles. The molecule has 2 heterocycles. The largest absolute Gasteiger partial charge is 0.337 e. The number of hydrogen-bond donors (Lipinski definition) is 2. The Kier molecular flexibility index (Phi) is 2.04. The van der Waals surface area contributed by atoms with Crippen LogP contribution < -0.4 is 5.56 Å². The second-order valence-electron chi connectivity index (χ2n) is 3.86. The van der Waals surface area contributed by atoms with Gasteiger partial charge >= 0.3 is 0 Å². The maximum Gasteiger partial charge on any atom is 0.276 e. The van der Waals surface area contributed by atoms with Gasteiger partial charge in [-0.2, -0.15) is 0 Å². The average molecular weight is 226 g/mol. The summed E-state index contributed by atoms with van der Waals surface area (Å²) in [6.45, 7) is 1.90. The van der Waals surface area contributed by atoms with E-state index in [0.29, 0.717) is 11.0 Å². The van der Waals surface area contributed by atoms with Crippen LogP contribution in [0.5, 0.6) is 0 Å². The number of benzene rings is 1. The van der Waals surface area contributed by atoms with E-state index in [1.165, 1.54) is 0 Å². The zero-order valence-corrected chi connectivity index (χ0v) is 9.19. The van der Waals surface area contributed by atoms with E-state index in [0.717, 1.165) is 16.8 Å². The number of aromatic nitrogens is 4. The van der Waals surface area contributed by atoms with Gasteiger partial charge in [0.2, 0.25) is 0 Å². The standard InChI is InChI=1S/C12H10N4O/c1-7-9-11(14-16-15-12(9)17)13-10(7)8-5-3-2-4-6-8/h2-6H,1H3,(H2,13,14,15,17). The molecule has 0 amide bonds. The van der Waals surface area contributed by atoms with E-state index in [1.54, 1.807) is 0 Å². The SMILES string of the molecule is Cc1c(-c2ccccc2)[nH]c2nn[nH]c(=O)c12. The van der Waals surface area contributed by atoms with Crippen molar-refractivity contribution in [2.24, 2.45) is 0 Å². The normalized spacial score (nSPS) is 10.9. The molecule has 0 aliphatic rings. The van der Waals surface area contributed by atoms with Gasteiger partial charge in [0.25, 0.3) is 5.56 Å². The van der Waals surface area contributed by atoms with Crippen LogP contribution in [0.25, 0.3) is 22.3 Å². The average Bonchev–Trinajstić information content (AvgIpc) is 2.69. The van der Waals surface area contributed by atoms with Crippen LogP contribution >= 0.6 is 0 Å². The molecule has 3 rings (SSSR count). The van der Waals surface area contributed by atoms with Crippen molar-refractivity contribution >= 4 is 11.0 Å². The van der Waals surface area contributed by atoms with Gasteiger partial charge in [-0.15, -0.1) is 5.10 Å². The summed E-state index contributed by atoms with van der Waals surface area (Å²) >= 11 is 0. The first-order valence-electron chi connectivity index (χ1n) is 5.26. The first kappa shape index (κ1) is 9.77. The van der Waals surface area contributed by atoms with Crippen molar-refractivity contribution in [3.8, 4) is 11.3 Å². The van der Waals surface area contributed by atoms with Gasteiger partial charge < -0.3 is 4.98 Å². The minimum atomic E-state index is -0.217. The summed E-state index contributed by atoms with van der Waals surface area (Å²) in [6.07, 6.45) is 0. The van der Waals surface area contributed by atoms with Crippen LogP contribution in [0.4, 0.5) is 0 Å². The number of hydrogen-bond acceptors (Lipinski definition) is 3. The van der Waals surface area contributed by atoms with Crippen molar-refractivity contribution in [2.75, 3.05) is 0 Å². The second kappa shape index (κ2) is 3.55. The molecule has 0 radical (unpaired) electrons. The van der Waals surface area contributed by atoms with Crippen molar-refractivity contribution in [1.82, 2.24) is 20.4 Å². The molecular formula is C12H10N4O. The molecule has 5 nitrogen and oxygen atoms in total. The Balaban J connectivity index is 2.37. The first-order valence-corrected chi connectivity index (χ1v) is 5.26. The number of rotatable bonds is 1. The van der Waals surface area contributed by atoms with E-state index in [4.69, 9.17) is 0 Å². The first-order chi connectivity index (χ1) is 8.27. The lowest BCUT2D eigenvalue weighted by Gasteiger charge is -1.98. The Morgan fingerprint density at radius 1 is 1.18 bits per heavy atom. The molecule has 0 bridgehead atoms. The maximum atomic E-state index is 11.7. The van der Waals surface area contributed by atoms with Crippen molar-refractivity contribution in [1.29, 1.82) is 0 Å². The number of nitrogens with zero attached hydrogens (tertiary/aromatic N) is 2. The summed E-state index contributed by atoms with van der Waals surface area (Å²) in [4.78, 5) is 14.8. The van der Waals surface area contributed by atoms with Gasteiger partial charge in [0.05, 0.1) is 11.1 Å². The van der Waals surface area contributed by atoms with Gasteiger partial charge in [-0.25, -0.2) is 5.10 Å². The lowest BCUT2D eigenvalue weighted by Crippen LogP contribution is -2.09. The van der Waals surface area contributed by atoms with Crippen molar-refractivity contribution < 1.29 is 0 Å². The van der Waals surface area contributed by atoms with Gasteiger partial charge in [0.15, 0.2) is 5.65 Å². The smallest absolute Gasteiger partial charge is 0.276 e. The third-order valence-corrected chi connectivity index (χ3v) is 2.82. The lowest BCUT2D eigenvalue weighted by atomic mass is 10.1. The fraction of sp³-hybridized carbons (Fsp3) is 0.0833. The third-order valence-electron chi connectivity index (χ3n) is 2.82. The topological polar surface area (TPSA) is 74.4 Å². The van der Waals surface area contributed by atoms with Crippen LogP contribution in [-0.2, 0) is 0 Å². The molecule has 17 heavy (non-hydrogen) atoms. The summed E-state index contributed by atoms with van der Waals surface area (Å²) in [5.41, 5.74) is 3.13. The zero-order chi connectivity index (χ0) is 11.8. The van der Waals surface area contributed by atoms with Gasteiger partial charge in [-0.1, -0.05) is 35.5 Å². The minimum Gasteiger partial charge on any atom is -0.337 e. The van der Waals surface area contributed by atoms with Crippen LogP contribution in [-0.4, -0.2) is 20.4 Å². The number of aryl methyl sites for hydroxylation is 1. The summed E-state index contributed by atoms with van der Waals surface area (Å²) in [5.74, 6) is 0. The molecule has 0 spiro atoms. The lowest BCUT2D eigenvalue weighted by molar-refractivity contribution is 0.867. The minimum absolute atomic E-state index is 0.217. The van der Waals surface area contributed by atoms with Crippen LogP contribution in [0.3, 0.4) is 0 Å².